The molecule has 1 amide bonds. The molecule has 1 aliphatic heterocycles. The summed E-state index contributed by atoms with van der Waals surface area (Å²) >= 11 is 0. The average Bonchev–Trinajstić information content (AvgIpc) is 2.84. The minimum absolute atomic E-state index is 0. The molecule has 1 saturated heterocycles. The Hall–Kier alpha value is -1.60. The third-order valence-electron chi connectivity index (χ3n) is 3.36. The Bertz CT molecular complexity index is 529. The Balaban J connectivity index is 0.00000242. The number of ether oxygens (including phenoxy) is 2. The van der Waals surface area contributed by atoms with Gasteiger partial charge in [-0.3, -0.25) is 10.1 Å². The van der Waals surface area contributed by atoms with Gasteiger partial charge in [0.15, 0.2) is 11.5 Å². The van der Waals surface area contributed by atoms with Gasteiger partial charge in [0.05, 0.1) is 26.8 Å². The lowest BCUT2D eigenvalue weighted by Gasteiger charge is -2.15. The van der Waals surface area contributed by atoms with Crippen molar-refractivity contribution >= 4 is 18.3 Å². The summed E-state index contributed by atoms with van der Waals surface area (Å²) in [5.41, 5.74) is 0.718. The van der Waals surface area contributed by atoms with Crippen LogP contribution in [0.25, 0.3) is 0 Å². The highest BCUT2D eigenvalue weighted by molar-refractivity contribution is 5.85. The van der Waals surface area contributed by atoms with E-state index in [0.717, 1.165) is 5.56 Å². The van der Waals surface area contributed by atoms with Crippen LogP contribution in [0.5, 0.6) is 11.5 Å². The molecule has 1 aromatic carbocycles. The largest absolute Gasteiger partial charge is 0.493 e. The van der Waals surface area contributed by atoms with Gasteiger partial charge in [0.25, 0.3) is 5.92 Å². The number of carbonyl (C=O) groups is 1. The van der Waals surface area contributed by atoms with E-state index in [1.165, 1.54) is 14.2 Å². The Kier molecular flexibility index (Phi) is 6.37. The number of halogens is 3. The molecule has 0 bridgehead atoms. The summed E-state index contributed by atoms with van der Waals surface area (Å²) < 4.78 is 36.5. The highest BCUT2D eigenvalue weighted by atomic mass is 35.5. The van der Waals surface area contributed by atoms with Gasteiger partial charge in [0.1, 0.15) is 0 Å². The molecule has 8 heteroatoms. The fourth-order valence-corrected chi connectivity index (χ4v) is 2.30. The normalized spacial score (nSPS) is 19.2. The first-order chi connectivity index (χ1) is 9.96. The maximum Gasteiger partial charge on any atom is 0.262 e. The highest BCUT2D eigenvalue weighted by Gasteiger charge is 2.42. The molecule has 0 aromatic heterocycles. The van der Waals surface area contributed by atoms with E-state index in [1.54, 1.807) is 18.2 Å². The number of benzene rings is 1. The van der Waals surface area contributed by atoms with Crippen molar-refractivity contribution < 1.29 is 23.0 Å². The smallest absolute Gasteiger partial charge is 0.262 e. The maximum absolute atomic E-state index is 13.1. The first-order valence-corrected chi connectivity index (χ1v) is 6.55. The first kappa shape index (κ1) is 18.4. The van der Waals surface area contributed by atoms with Crippen molar-refractivity contribution in [2.75, 3.05) is 20.8 Å². The van der Waals surface area contributed by atoms with Gasteiger partial charge in [-0.2, -0.15) is 0 Å². The fraction of sp³-hybridized carbons (Fsp3) is 0.500. The number of nitrogens with one attached hydrogen (secondary N) is 2. The molecule has 124 valence electrons. The quantitative estimate of drug-likeness (QED) is 0.860. The topological polar surface area (TPSA) is 59.6 Å². The molecule has 1 aliphatic rings. The van der Waals surface area contributed by atoms with E-state index in [0.29, 0.717) is 11.5 Å². The summed E-state index contributed by atoms with van der Waals surface area (Å²) in [7, 11) is 3.02. The van der Waals surface area contributed by atoms with Crippen molar-refractivity contribution in [3.05, 3.63) is 23.8 Å². The minimum atomic E-state index is -2.82. The van der Waals surface area contributed by atoms with Crippen LogP contribution in [-0.4, -0.2) is 38.6 Å². The van der Waals surface area contributed by atoms with E-state index in [-0.39, 0.29) is 19.0 Å². The minimum Gasteiger partial charge on any atom is -0.493 e. The van der Waals surface area contributed by atoms with Crippen LogP contribution in [0.3, 0.4) is 0 Å². The Morgan fingerprint density at radius 1 is 1.41 bits per heavy atom. The van der Waals surface area contributed by atoms with Gasteiger partial charge < -0.3 is 14.8 Å². The molecule has 1 fully saturated rings. The van der Waals surface area contributed by atoms with Crippen LogP contribution in [0, 0.1) is 0 Å². The van der Waals surface area contributed by atoms with Crippen LogP contribution in [-0.2, 0) is 11.3 Å². The number of para-hydroxylation sites is 1. The van der Waals surface area contributed by atoms with Gasteiger partial charge >= 0.3 is 0 Å². The zero-order valence-corrected chi connectivity index (χ0v) is 13.1. The summed E-state index contributed by atoms with van der Waals surface area (Å²) in [6.45, 7) is -0.281. The van der Waals surface area contributed by atoms with E-state index in [1.807, 2.05) is 0 Å². The van der Waals surface area contributed by atoms with E-state index in [4.69, 9.17) is 9.47 Å². The maximum atomic E-state index is 13.1. The second-order valence-corrected chi connectivity index (χ2v) is 4.86. The van der Waals surface area contributed by atoms with Crippen molar-refractivity contribution in [3.8, 4) is 11.5 Å². The van der Waals surface area contributed by atoms with Crippen LogP contribution in [0.2, 0.25) is 0 Å². The van der Waals surface area contributed by atoms with Gasteiger partial charge in [-0.15, -0.1) is 12.4 Å². The van der Waals surface area contributed by atoms with E-state index < -0.39 is 30.8 Å². The number of methoxy groups -OCH3 is 2. The van der Waals surface area contributed by atoms with Crippen LogP contribution >= 0.6 is 12.4 Å². The number of hydrogen-bond donors (Lipinski definition) is 2. The van der Waals surface area contributed by atoms with Crippen LogP contribution in [0.1, 0.15) is 12.0 Å². The predicted octanol–water partition coefficient (Wildman–Crippen LogP) is 1.74. The van der Waals surface area contributed by atoms with Crippen molar-refractivity contribution in [1.29, 1.82) is 0 Å². The lowest BCUT2D eigenvalue weighted by Crippen LogP contribution is -2.40. The molecule has 1 atom stereocenters. The van der Waals surface area contributed by atoms with Gasteiger partial charge in [-0.25, -0.2) is 8.78 Å². The van der Waals surface area contributed by atoms with Crippen molar-refractivity contribution in [2.45, 2.75) is 24.9 Å². The highest BCUT2D eigenvalue weighted by Crippen LogP contribution is 2.30. The van der Waals surface area contributed by atoms with Gasteiger partial charge in [0, 0.05) is 18.5 Å². The summed E-state index contributed by atoms with van der Waals surface area (Å²) in [6, 6.07) is 4.42. The van der Waals surface area contributed by atoms with Crippen LogP contribution in [0.15, 0.2) is 18.2 Å². The van der Waals surface area contributed by atoms with E-state index >= 15 is 0 Å². The summed E-state index contributed by atoms with van der Waals surface area (Å²) in [5.74, 6) is -2.20. The zero-order valence-electron chi connectivity index (χ0n) is 12.3. The first-order valence-electron chi connectivity index (χ1n) is 6.55. The number of hydrogen-bond acceptors (Lipinski definition) is 4. The SMILES string of the molecule is COc1cccc(CNC(=O)C2CC(F)(F)CN2)c1OC.Cl. The fourth-order valence-electron chi connectivity index (χ4n) is 2.30. The lowest BCUT2D eigenvalue weighted by molar-refractivity contribution is -0.123. The molecule has 2 N–H and O–H groups in total. The molecule has 1 aromatic rings. The van der Waals surface area contributed by atoms with Crippen LogP contribution < -0.4 is 20.1 Å². The number of amides is 1. The van der Waals surface area contributed by atoms with Gasteiger partial charge in [0.2, 0.25) is 5.91 Å². The molecule has 0 radical (unpaired) electrons. The predicted molar refractivity (Wildman–Crippen MR) is 80.0 cm³/mol. The van der Waals surface area contributed by atoms with E-state index in [9.17, 15) is 13.6 Å². The molecule has 2 rings (SSSR count). The molecule has 1 unspecified atom stereocenters. The van der Waals surface area contributed by atoms with Crippen molar-refractivity contribution in [1.82, 2.24) is 10.6 Å². The summed E-state index contributed by atoms with van der Waals surface area (Å²) in [5, 5.41) is 5.15. The van der Waals surface area contributed by atoms with Crippen LogP contribution in [0.4, 0.5) is 8.78 Å². The number of alkyl halides is 2. The number of carbonyl (C=O) groups excluding carboxylic acids is 1. The third kappa shape index (κ3) is 4.20. The Morgan fingerprint density at radius 3 is 2.68 bits per heavy atom. The zero-order chi connectivity index (χ0) is 15.5. The lowest BCUT2D eigenvalue weighted by atomic mass is 10.1. The molecule has 1 heterocycles. The summed E-state index contributed by atoms with van der Waals surface area (Å²) in [6.07, 6.45) is -0.478. The number of rotatable bonds is 5. The van der Waals surface area contributed by atoms with Gasteiger partial charge in [-0.1, -0.05) is 12.1 Å². The monoisotopic (exact) mass is 336 g/mol. The van der Waals surface area contributed by atoms with Gasteiger partial charge in [-0.05, 0) is 6.07 Å². The molecule has 0 spiro atoms. The van der Waals surface area contributed by atoms with Crippen molar-refractivity contribution in [3.63, 3.8) is 0 Å². The molecular weight excluding hydrogens is 318 g/mol. The Morgan fingerprint density at radius 2 is 2.14 bits per heavy atom. The molecule has 5 nitrogen and oxygen atoms in total. The third-order valence-corrected chi connectivity index (χ3v) is 3.36. The second-order valence-electron chi connectivity index (χ2n) is 4.86. The standard InChI is InChI=1S/C14H18F2N2O3.ClH/c1-20-11-5-3-4-9(12(11)21-2)7-17-13(19)10-6-14(15,16)8-18-10;/h3-5,10,18H,6-8H2,1-2H3,(H,17,19);1H. The Labute approximate surface area is 133 Å². The summed E-state index contributed by atoms with van der Waals surface area (Å²) in [4.78, 5) is 11.9. The molecule has 22 heavy (non-hydrogen) atoms. The molecule has 0 aliphatic carbocycles. The average molecular weight is 337 g/mol. The molecule has 0 saturated carbocycles. The second kappa shape index (κ2) is 7.60. The molecular formula is C14H19ClF2N2O3. The van der Waals surface area contributed by atoms with E-state index in [2.05, 4.69) is 10.6 Å². The van der Waals surface area contributed by atoms with Crippen molar-refractivity contribution in [2.24, 2.45) is 0 Å².